The maximum absolute atomic E-state index is 5.84. The van der Waals surface area contributed by atoms with Gasteiger partial charge in [-0.2, -0.15) is 0 Å². The molecule has 3 nitrogen and oxygen atoms in total. The van der Waals surface area contributed by atoms with Crippen LogP contribution in [0.3, 0.4) is 0 Å². The first kappa shape index (κ1) is 8.80. The summed E-state index contributed by atoms with van der Waals surface area (Å²) in [4.78, 5) is 6.25. The molecule has 15 heavy (non-hydrogen) atoms. The molecule has 3 aliphatic heterocycles. The Morgan fingerprint density at radius 3 is 3.33 bits per heavy atom. The summed E-state index contributed by atoms with van der Waals surface area (Å²) in [7, 11) is 0. The van der Waals surface area contributed by atoms with E-state index in [2.05, 4.69) is 21.3 Å². The summed E-state index contributed by atoms with van der Waals surface area (Å²) >= 11 is 5.84. The van der Waals surface area contributed by atoms with Gasteiger partial charge in [-0.1, -0.05) is 6.08 Å². The van der Waals surface area contributed by atoms with E-state index in [0.717, 1.165) is 11.3 Å². The highest BCUT2D eigenvalue weighted by atomic mass is 35.5. The van der Waals surface area contributed by atoms with Crippen molar-refractivity contribution in [3.63, 3.8) is 0 Å². The third-order valence-electron chi connectivity index (χ3n) is 2.78. The number of rotatable bonds is 1. The molecule has 76 valence electrons. The molecule has 4 heteroatoms. The quantitative estimate of drug-likeness (QED) is 0.680. The molecular weight excluding hydrogens is 210 g/mol. The Kier molecular flexibility index (Phi) is 1.76. The van der Waals surface area contributed by atoms with Gasteiger partial charge in [0.1, 0.15) is 0 Å². The largest absolute Gasteiger partial charge is 0.356 e. The van der Waals surface area contributed by atoms with E-state index < -0.39 is 0 Å². The van der Waals surface area contributed by atoms with Gasteiger partial charge in [0.25, 0.3) is 0 Å². The molecule has 1 spiro atoms. The van der Waals surface area contributed by atoms with Crippen molar-refractivity contribution < 1.29 is 0 Å². The van der Waals surface area contributed by atoms with Crippen LogP contribution in [0, 0.1) is 0 Å². The Morgan fingerprint density at radius 2 is 2.47 bits per heavy atom. The molecule has 0 bridgehead atoms. The van der Waals surface area contributed by atoms with Gasteiger partial charge in [0.2, 0.25) is 0 Å². The zero-order valence-corrected chi connectivity index (χ0v) is 8.78. The number of alkyl halides is 1. The zero-order chi connectivity index (χ0) is 10.3. The fraction of sp³-hybridized carbons (Fsp3) is 0.182. The number of nitrogens with one attached hydrogen (secondary N) is 1. The molecule has 3 aliphatic rings. The molecule has 0 aromatic carbocycles. The number of halogens is 1. The molecule has 0 aromatic heterocycles. The summed E-state index contributed by atoms with van der Waals surface area (Å²) in [5.41, 5.74) is 1.86. The lowest BCUT2D eigenvalue weighted by molar-refractivity contribution is 0.314. The molecule has 1 atom stereocenters. The van der Waals surface area contributed by atoms with Crippen molar-refractivity contribution in [1.82, 2.24) is 10.2 Å². The van der Waals surface area contributed by atoms with Gasteiger partial charge in [-0.05, 0) is 12.2 Å². The van der Waals surface area contributed by atoms with E-state index in [-0.39, 0.29) is 5.66 Å². The molecule has 0 saturated carbocycles. The predicted molar refractivity (Wildman–Crippen MR) is 61.4 cm³/mol. The topological polar surface area (TPSA) is 27.6 Å². The van der Waals surface area contributed by atoms with Crippen molar-refractivity contribution in [3.05, 3.63) is 48.1 Å². The van der Waals surface area contributed by atoms with Crippen molar-refractivity contribution in [2.24, 2.45) is 4.99 Å². The molecule has 0 saturated heterocycles. The minimum absolute atomic E-state index is 0.291. The fourth-order valence-electron chi connectivity index (χ4n) is 2.07. The number of nitrogens with zero attached hydrogens (tertiary/aromatic N) is 2. The molecule has 0 fully saturated rings. The fourth-order valence-corrected chi connectivity index (χ4v) is 2.20. The maximum atomic E-state index is 5.84. The lowest BCUT2D eigenvalue weighted by Gasteiger charge is -2.39. The Balaban J connectivity index is 2.08. The van der Waals surface area contributed by atoms with Crippen LogP contribution in [0.4, 0.5) is 0 Å². The molecular formula is C11H10ClN3. The van der Waals surface area contributed by atoms with E-state index in [0.29, 0.717) is 5.88 Å². The second-order valence-electron chi connectivity index (χ2n) is 3.64. The van der Waals surface area contributed by atoms with Gasteiger partial charge in [-0.3, -0.25) is 4.99 Å². The summed E-state index contributed by atoms with van der Waals surface area (Å²) in [5.74, 6) is 0.490. The monoisotopic (exact) mass is 219 g/mol. The predicted octanol–water partition coefficient (Wildman–Crippen LogP) is 1.72. The summed E-state index contributed by atoms with van der Waals surface area (Å²) in [6.45, 7) is 0. The van der Waals surface area contributed by atoms with Crippen molar-refractivity contribution in [3.8, 4) is 0 Å². The normalized spacial score (nSPS) is 30.6. The first-order chi connectivity index (χ1) is 7.35. The summed E-state index contributed by atoms with van der Waals surface area (Å²) in [5, 5.41) is 3.42. The van der Waals surface area contributed by atoms with Crippen LogP contribution in [-0.4, -0.2) is 22.7 Å². The number of aliphatic imine (C=N–C) groups is 1. The summed E-state index contributed by atoms with van der Waals surface area (Å²) in [6, 6.07) is 0. The van der Waals surface area contributed by atoms with Crippen LogP contribution < -0.4 is 5.32 Å². The number of hydrogen-bond acceptors (Lipinski definition) is 3. The van der Waals surface area contributed by atoms with Crippen LogP contribution in [0.1, 0.15) is 0 Å². The van der Waals surface area contributed by atoms with Gasteiger partial charge in [-0.25, -0.2) is 0 Å². The van der Waals surface area contributed by atoms with Gasteiger partial charge < -0.3 is 10.2 Å². The lowest BCUT2D eigenvalue weighted by Crippen LogP contribution is -2.52. The lowest BCUT2D eigenvalue weighted by atomic mass is 9.95. The second kappa shape index (κ2) is 3.00. The van der Waals surface area contributed by atoms with Gasteiger partial charge in [0.15, 0.2) is 5.66 Å². The first-order valence-corrected chi connectivity index (χ1v) is 5.32. The highest BCUT2D eigenvalue weighted by Gasteiger charge is 2.41. The van der Waals surface area contributed by atoms with Crippen molar-refractivity contribution in [1.29, 1.82) is 0 Å². The van der Waals surface area contributed by atoms with Crippen LogP contribution in [-0.2, 0) is 0 Å². The third-order valence-corrected chi connectivity index (χ3v) is 3.06. The highest BCUT2D eigenvalue weighted by Crippen LogP contribution is 2.34. The maximum Gasteiger partial charge on any atom is 0.163 e. The number of hydrogen-bond donors (Lipinski definition) is 1. The third kappa shape index (κ3) is 1.10. The van der Waals surface area contributed by atoms with E-state index in [4.69, 9.17) is 11.6 Å². The van der Waals surface area contributed by atoms with Crippen LogP contribution in [0.15, 0.2) is 53.1 Å². The van der Waals surface area contributed by atoms with Crippen LogP contribution in [0.5, 0.6) is 0 Å². The second-order valence-corrected chi connectivity index (χ2v) is 3.91. The van der Waals surface area contributed by atoms with Crippen molar-refractivity contribution in [2.75, 3.05) is 5.88 Å². The molecule has 0 aromatic rings. The van der Waals surface area contributed by atoms with Crippen molar-refractivity contribution in [2.45, 2.75) is 5.66 Å². The Morgan fingerprint density at radius 1 is 1.53 bits per heavy atom. The molecule has 0 radical (unpaired) electrons. The zero-order valence-electron chi connectivity index (χ0n) is 8.02. The molecule has 0 amide bonds. The van der Waals surface area contributed by atoms with E-state index in [1.807, 2.05) is 37.0 Å². The van der Waals surface area contributed by atoms with Gasteiger partial charge in [0, 0.05) is 36.1 Å². The Labute approximate surface area is 93.1 Å². The van der Waals surface area contributed by atoms with E-state index in [9.17, 15) is 0 Å². The van der Waals surface area contributed by atoms with Crippen molar-refractivity contribution >= 4 is 17.8 Å². The van der Waals surface area contributed by atoms with Crippen LogP contribution >= 0.6 is 11.6 Å². The van der Waals surface area contributed by atoms with Crippen LogP contribution in [0.25, 0.3) is 0 Å². The summed E-state index contributed by atoms with van der Waals surface area (Å²) < 4.78 is 0. The standard InChI is InChI=1S/C11H10ClN3/c12-6-10-8-15-5-1-2-9-7-13-4-3-11(9,15)14-10/h1-5,7-8,14H,6H2. The van der Waals surface area contributed by atoms with E-state index in [1.54, 1.807) is 0 Å². The van der Waals surface area contributed by atoms with Gasteiger partial charge in [0.05, 0.1) is 5.88 Å². The minimum atomic E-state index is -0.291. The minimum Gasteiger partial charge on any atom is -0.356 e. The molecule has 1 N–H and O–H groups in total. The van der Waals surface area contributed by atoms with Gasteiger partial charge in [-0.15, -0.1) is 11.6 Å². The Hall–Kier alpha value is -1.48. The van der Waals surface area contributed by atoms with Crippen LogP contribution in [0.2, 0.25) is 0 Å². The van der Waals surface area contributed by atoms with E-state index >= 15 is 0 Å². The SMILES string of the molecule is ClCC1=CN2C=CC=C3C=NC=CC32N1. The molecule has 3 heterocycles. The molecule has 3 rings (SSSR count). The molecule has 1 unspecified atom stereocenters. The summed E-state index contributed by atoms with van der Waals surface area (Å²) in [6.07, 6.45) is 13.8. The first-order valence-electron chi connectivity index (χ1n) is 4.78. The smallest absolute Gasteiger partial charge is 0.163 e. The average Bonchev–Trinajstić information content (AvgIpc) is 2.65. The Bertz CT molecular complexity index is 445. The number of allylic oxidation sites excluding steroid dienone is 3. The average molecular weight is 220 g/mol. The van der Waals surface area contributed by atoms with Gasteiger partial charge >= 0.3 is 0 Å². The molecule has 0 aliphatic carbocycles. The van der Waals surface area contributed by atoms with E-state index in [1.165, 1.54) is 0 Å². The highest BCUT2D eigenvalue weighted by molar-refractivity contribution is 6.19.